The van der Waals surface area contributed by atoms with Crippen molar-refractivity contribution in [1.29, 1.82) is 0 Å². The third-order valence-electron chi connectivity index (χ3n) is 3.23. The topological polar surface area (TPSA) is 75.3 Å². The normalized spacial score (nSPS) is 11.5. The monoisotopic (exact) mass is 301 g/mol. The van der Waals surface area contributed by atoms with Crippen LogP contribution in [0.1, 0.15) is 29.3 Å². The van der Waals surface area contributed by atoms with Crippen molar-refractivity contribution in [2.75, 3.05) is 13.6 Å². The van der Waals surface area contributed by atoms with Crippen LogP contribution in [0.15, 0.2) is 33.8 Å². The van der Waals surface area contributed by atoms with Gasteiger partial charge in [-0.3, -0.25) is 4.99 Å². The maximum Gasteiger partial charge on any atom is 0.226 e. The predicted molar refractivity (Wildman–Crippen MR) is 86.7 cm³/mol. The highest BCUT2D eigenvalue weighted by Crippen LogP contribution is 2.02. The van der Waals surface area contributed by atoms with E-state index in [1.807, 2.05) is 6.92 Å². The molecule has 0 radical (unpaired) electrons. The molecule has 0 bridgehead atoms. The lowest BCUT2D eigenvalue weighted by Gasteiger charge is -2.11. The first-order valence-electron chi connectivity index (χ1n) is 7.46. The van der Waals surface area contributed by atoms with Crippen LogP contribution in [0.2, 0.25) is 0 Å². The molecule has 22 heavy (non-hydrogen) atoms. The van der Waals surface area contributed by atoms with Gasteiger partial charge in [0.1, 0.15) is 0 Å². The maximum absolute atomic E-state index is 5.08. The predicted octanol–water partition coefficient (Wildman–Crippen LogP) is 1.98. The smallest absolute Gasteiger partial charge is 0.226 e. The Morgan fingerprint density at radius 1 is 1.18 bits per heavy atom. The van der Waals surface area contributed by atoms with Gasteiger partial charge >= 0.3 is 0 Å². The number of aryl methyl sites for hydroxylation is 3. The Morgan fingerprint density at radius 2 is 1.95 bits per heavy atom. The summed E-state index contributed by atoms with van der Waals surface area (Å²) in [6, 6.07) is 8.46. The highest BCUT2D eigenvalue weighted by atomic mass is 16.5. The van der Waals surface area contributed by atoms with E-state index in [0.29, 0.717) is 11.7 Å². The number of hydrogen-bond acceptors (Lipinski definition) is 4. The van der Waals surface area contributed by atoms with Crippen LogP contribution in [-0.4, -0.2) is 29.7 Å². The Morgan fingerprint density at radius 3 is 2.59 bits per heavy atom. The Balaban J connectivity index is 1.67. The molecule has 0 unspecified atom stereocenters. The average Bonchev–Trinajstić information content (AvgIpc) is 2.94. The SMILES string of the molecule is CN=C(NCCCc1nc(C)no1)NCc1ccc(C)cc1. The molecule has 0 saturated heterocycles. The largest absolute Gasteiger partial charge is 0.356 e. The van der Waals surface area contributed by atoms with Crippen molar-refractivity contribution in [3.05, 3.63) is 47.1 Å². The van der Waals surface area contributed by atoms with Crippen LogP contribution in [0.3, 0.4) is 0 Å². The number of aliphatic imine (C=N–C) groups is 1. The van der Waals surface area contributed by atoms with Gasteiger partial charge in [-0.25, -0.2) is 0 Å². The van der Waals surface area contributed by atoms with Gasteiger partial charge in [-0.2, -0.15) is 4.98 Å². The van der Waals surface area contributed by atoms with Crippen LogP contribution >= 0.6 is 0 Å². The van der Waals surface area contributed by atoms with E-state index in [1.165, 1.54) is 11.1 Å². The summed E-state index contributed by atoms with van der Waals surface area (Å²) >= 11 is 0. The molecule has 0 saturated carbocycles. The standard InChI is InChI=1S/C16H23N5O/c1-12-6-8-14(9-7-12)11-19-16(17-3)18-10-4-5-15-20-13(2)21-22-15/h6-9H,4-5,10-11H2,1-3H3,(H2,17,18,19). The molecular weight excluding hydrogens is 278 g/mol. The van der Waals surface area contributed by atoms with Crippen LogP contribution in [-0.2, 0) is 13.0 Å². The zero-order valence-electron chi connectivity index (χ0n) is 13.4. The fourth-order valence-corrected chi connectivity index (χ4v) is 2.00. The summed E-state index contributed by atoms with van der Waals surface area (Å²) in [7, 11) is 1.77. The van der Waals surface area contributed by atoms with Crippen molar-refractivity contribution < 1.29 is 4.52 Å². The zero-order valence-corrected chi connectivity index (χ0v) is 13.4. The first-order chi connectivity index (χ1) is 10.7. The average molecular weight is 301 g/mol. The molecule has 2 aromatic rings. The lowest BCUT2D eigenvalue weighted by molar-refractivity contribution is 0.372. The van der Waals surface area contributed by atoms with Gasteiger partial charge in [-0.05, 0) is 25.8 Å². The van der Waals surface area contributed by atoms with E-state index in [2.05, 4.69) is 57.0 Å². The Kier molecular flexibility index (Phi) is 5.94. The van der Waals surface area contributed by atoms with E-state index in [9.17, 15) is 0 Å². The van der Waals surface area contributed by atoms with Gasteiger partial charge in [0.2, 0.25) is 5.89 Å². The molecule has 6 nitrogen and oxygen atoms in total. The second kappa shape index (κ2) is 8.17. The molecule has 118 valence electrons. The van der Waals surface area contributed by atoms with Crippen molar-refractivity contribution in [3.8, 4) is 0 Å². The molecule has 2 rings (SSSR count). The Labute approximate surface area is 131 Å². The lowest BCUT2D eigenvalue weighted by Crippen LogP contribution is -2.37. The summed E-state index contributed by atoms with van der Waals surface area (Å²) in [5, 5.41) is 10.3. The van der Waals surface area contributed by atoms with Crippen molar-refractivity contribution >= 4 is 5.96 Å². The minimum Gasteiger partial charge on any atom is -0.356 e. The molecule has 1 aromatic carbocycles. The van der Waals surface area contributed by atoms with E-state index < -0.39 is 0 Å². The fourth-order valence-electron chi connectivity index (χ4n) is 2.00. The maximum atomic E-state index is 5.08. The zero-order chi connectivity index (χ0) is 15.8. The van der Waals surface area contributed by atoms with Crippen molar-refractivity contribution in [1.82, 2.24) is 20.8 Å². The third kappa shape index (κ3) is 5.20. The first kappa shape index (κ1) is 16.0. The van der Waals surface area contributed by atoms with Crippen molar-refractivity contribution in [2.45, 2.75) is 33.2 Å². The highest BCUT2D eigenvalue weighted by molar-refractivity contribution is 5.79. The molecule has 1 aromatic heterocycles. The van der Waals surface area contributed by atoms with Crippen LogP contribution in [0.4, 0.5) is 0 Å². The third-order valence-corrected chi connectivity index (χ3v) is 3.23. The Hall–Kier alpha value is -2.37. The molecule has 2 N–H and O–H groups in total. The minimum atomic E-state index is 0.679. The molecule has 0 aliphatic heterocycles. The molecule has 1 heterocycles. The van der Waals surface area contributed by atoms with E-state index in [4.69, 9.17) is 4.52 Å². The van der Waals surface area contributed by atoms with Gasteiger partial charge in [0.25, 0.3) is 0 Å². The molecule has 0 amide bonds. The second-order valence-corrected chi connectivity index (χ2v) is 5.18. The highest BCUT2D eigenvalue weighted by Gasteiger charge is 2.03. The van der Waals surface area contributed by atoms with Crippen LogP contribution in [0, 0.1) is 13.8 Å². The summed E-state index contributed by atoms with van der Waals surface area (Å²) in [4.78, 5) is 8.39. The minimum absolute atomic E-state index is 0.679. The van der Waals surface area contributed by atoms with Gasteiger partial charge in [0, 0.05) is 26.6 Å². The molecule has 0 spiro atoms. The molecule has 6 heteroatoms. The number of rotatable bonds is 6. The quantitative estimate of drug-likeness (QED) is 0.485. The summed E-state index contributed by atoms with van der Waals surface area (Å²) in [5.74, 6) is 2.16. The van der Waals surface area contributed by atoms with Gasteiger partial charge in [-0.15, -0.1) is 0 Å². The molecule has 0 fully saturated rings. The van der Waals surface area contributed by atoms with E-state index in [1.54, 1.807) is 7.05 Å². The lowest BCUT2D eigenvalue weighted by atomic mass is 10.1. The summed E-state index contributed by atoms with van der Waals surface area (Å²) < 4.78 is 5.08. The number of benzene rings is 1. The van der Waals surface area contributed by atoms with Gasteiger partial charge < -0.3 is 15.2 Å². The number of nitrogens with zero attached hydrogens (tertiary/aromatic N) is 3. The summed E-state index contributed by atoms with van der Waals surface area (Å²) in [6.07, 6.45) is 1.68. The van der Waals surface area contributed by atoms with Gasteiger partial charge in [0.15, 0.2) is 11.8 Å². The first-order valence-corrected chi connectivity index (χ1v) is 7.46. The number of nitrogens with one attached hydrogen (secondary N) is 2. The van der Waals surface area contributed by atoms with E-state index in [-0.39, 0.29) is 0 Å². The van der Waals surface area contributed by atoms with Gasteiger partial charge in [-0.1, -0.05) is 35.0 Å². The van der Waals surface area contributed by atoms with Gasteiger partial charge in [0.05, 0.1) is 0 Å². The number of hydrogen-bond donors (Lipinski definition) is 2. The molecule has 0 atom stereocenters. The molecule has 0 aliphatic rings. The van der Waals surface area contributed by atoms with Crippen molar-refractivity contribution in [2.24, 2.45) is 4.99 Å². The Bertz CT molecular complexity index is 603. The summed E-state index contributed by atoms with van der Waals surface area (Å²) in [5.41, 5.74) is 2.50. The summed E-state index contributed by atoms with van der Waals surface area (Å²) in [6.45, 7) is 5.46. The van der Waals surface area contributed by atoms with Crippen LogP contribution < -0.4 is 10.6 Å². The van der Waals surface area contributed by atoms with Crippen LogP contribution in [0.25, 0.3) is 0 Å². The van der Waals surface area contributed by atoms with Crippen molar-refractivity contribution in [3.63, 3.8) is 0 Å². The molecular formula is C16H23N5O. The van der Waals surface area contributed by atoms with E-state index in [0.717, 1.165) is 31.9 Å². The number of guanidine groups is 1. The number of aromatic nitrogens is 2. The molecule has 0 aliphatic carbocycles. The fraction of sp³-hybridized carbons (Fsp3) is 0.438. The van der Waals surface area contributed by atoms with E-state index >= 15 is 0 Å². The second-order valence-electron chi connectivity index (χ2n) is 5.18. The van der Waals surface area contributed by atoms with Crippen LogP contribution in [0.5, 0.6) is 0 Å².